The van der Waals surface area contributed by atoms with Crippen LogP contribution >= 0.6 is 0 Å². The third-order valence-electron chi connectivity index (χ3n) is 2.86. The third kappa shape index (κ3) is 4.17. The maximum Gasteiger partial charge on any atom is 0.416 e. The van der Waals surface area contributed by atoms with Crippen LogP contribution in [0.2, 0.25) is 0 Å². The van der Waals surface area contributed by atoms with Gasteiger partial charge < -0.3 is 20.6 Å². The smallest absolute Gasteiger partial charge is 0.394 e. The van der Waals surface area contributed by atoms with E-state index in [-0.39, 0.29) is 6.54 Å². The van der Waals surface area contributed by atoms with Crippen LogP contribution < -0.4 is 5.32 Å². The molecule has 4 N–H and O–H groups in total. The van der Waals surface area contributed by atoms with Crippen LogP contribution in [0.25, 0.3) is 0 Å². The molecule has 0 saturated heterocycles. The van der Waals surface area contributed by atoms with Crippen molar-refractivity contribution in [2.45, 2.75) is 18.3 Å². The number of benzene rings is 1. The Balaban J connectivity index is 2.69. The highest BCUT2D eigenvalue weighted by Gasteiger charge is 2.30. The van der Waals surface area contributed by atoms with Gasteiger partial charge >= 0.3 is 6.18 Å². The van der Waals surface area contributed by atoms with Crippen molar-refractivity contribution in [3.63, 3.8) is 0 Å². The van der Waals surface area contributed by atoms with Crippen LogP contribution in [0.4, 0.5) is 13.2 Å². The Kier molecular flexibility index (Phi) is 5.30. The van der Waals surface area contributed by atoms with E-state index >= 15 is 0 Å². The molecule has 0 fully saturated rings. The highest BCUT2D eigenvalue weighted by Crippen LogP contribution is 2.29. The van der Waals surface area contributed by atoms with Crippen molar-refractivity contribution >= 4 is 0 Å². The maximum absolute atomic E-state index is 12.3. The first kappa shape index (κ1) is 15.9. The third-order valence-corrected chi connectivity index (χ3v) is 2.86. The van der Waals surface area contributed by atoms with Crippen LogP contribution in [0, 0.1) is 0 Å². The van der Waals surface area contributed by atoms with Gasteiger partial charge in [-0.05, 0) is 17.7 Å². The molecule has 0 atom stereocenters. The molecule has 0 radical (unpaired) electrons. The zero-order valence-electron chi connectivity index (χ0n) is 10.1. The van der Waals surface area contributed by atoms with Crippen LogP contribution in [-0.2, 0) is 12.7 Å². The van der Waals surface area contributed by atoms with E-state index in [1.54, 1.807) is 0 Å². The van der Waals surface area contributed by atoms with E-state index in [4.69, 9.17) is 15.3 Å². The predicted octanol–water partition coefficient (Wildman–Crippen LogP) is 0.511. The second-order valence-corrected chi connectivity index (χ2v) is 4.30. The fourth-order valence-corrected chi connectivity index (χ4v) is 1.42. The first-order valence-corrected chi connectivity index (χ1v) is 5.60. The van der Waals surface area contributed by atoms with Crippen molar-refractivity contribution in [3.8, 4) is 0 Å². The predicted molar refractivity (Wildman–Crippen MR) is 62.3 cm³/mol. The molecule has 0 saturated carbocycles. The molecule has 108 valence electrons. The van der Waals surface area contributed by atoms with Crippen LogP contribution in [0.5, 0.6) is 0 Å². The Morgan fingerprint density at radius 2 is 1.37 bits per heavy atom. The number of alkyl halides is 3. The van der Waals surface area contributed by atoms with Gasteiger partial charge in [0.25, 0.3) is 0 Å². The lowest BCUT2D eigenvalue weighted by molar-refractivity contribution is -0.137. The maximum atomic E-state index is 12.3. The highest BCUT2D eigenvalue weighted by atomic mass is 19.4. The van der Waals surface area contributed by atoms with Gasteiger partial charge in [0.2, 0.25) is 0 Å². The van der Waals surface area contributed by atoms with E-state index in [1.807, 2.05) is 0 Å². The zero-order valence-corrected chi connectivity index (χ0v) is 10.1. The summed E-state index contributed by atoms with van der Waals surface area (Å²) in [5.41, 5.74) is -1.44. The number of aliphatic hydroxyl groups excluding tert-OH is 3. The summed E-state index contributed by atoms with van der Waals surface area (Å²) < 4.78 is 37.0. The fraction of sp³-hybridized carbons (Fsp3) is 0.500. The minimum atomic E-state index is -4.38. The van der Waals surface area contributed by atoms with Gasteiger partial charge in [-0.2, -0.15) is 13.2 Å². The van der Waals surface area contributed by atoms with Gasteiger partial charge in [0.15, 0.2) is 0 Å². The van der Waals surface area contributed by atoms with Gasteiger partial charge in [0, 0.05) is 6.54 Å². The average molecular weight is 279 g/mol. The van der Waals surface area contributed by atoms with Crippen LogP contribution in [-0.4, -0.2) is 40.7 Å². The molecule has 0 aliphatic carbocycles. The van der Waals surface area contributed by atoms with E-state index in [2.05, 4.69) is 5.32 Å². The molecule has 0 heterocycles. The Hall–Kier alpha value is -1.15. The highest BCUT2D eigenvalue weighted by molar-refractivity contribution is 5.24. The Bertz CT molecular complexity index is 380. The molecule has 1 aromatic carbocycles. The van der Waals surface area contributed by atoms with Crippen LogP contribution in [0.3, 0.4) is 0 Å². The topological polar surface area (TPSA) is 72.7 Å². The number of rotatable bonds is 6. The number of nitrogens with one attached hydrogen (secondary N) is 1. The Labute approximate surface area is 108 Å². The normalized spacial score (nSPS) is 12.7. The standard InChI is InChI=1S/C12H16F3NO3/c13-12(14,15)10-3-1-9(2-4-10)5-16-11(6-17,7-18)8-19/h1-4,16-19H,5-8H2. The van der Waals surface area contributed by atoms with Crippen LogP contribution in [0.15, 0.2) is 24.3 Å². The molecule has 0 amide bonds. The first-order valence-electron chi connectivity index (χ1n) is 5.60. The zero-order chi connectivity index (χ0) is 14.5. The molecule has 0 bridgehead atoms. The summed E-state index contributed by atoms with van der Waals surface area (Å²) in [4.78, 5) is 0. The van der Waals surface area contributed by atoms with E-state index < -0.39 is 37.1 Å². The molecule has 7 heteroatoms. The van der Waals surface area contributed by atoms with Crippen molar-refractivity contribution in [2.75, 3.05) is 19.8 Å². The number of hydrogen-bond donors (Lipinski definition) is 4. The SMILES string of the molecule is OCC(CO)(CO)NCc1ccc(C(F)(F)F)cc1. The van der Waals surface area contributed by atoms with Crippen molar-refractivity contribution in [1.82, 2.24) is 5.32 Å². The number of halogens is 3. The summed E-state index contributed by atoms with van der Waals surface area (Å²) in [6.45, 7) is -1.33. The van der Waals surface area contributed by atoms with Crippen molar-refractivity contribution in [1.29, 1.82) is 0 Å². The summed E-state index contributed by atoms with van der Waals surface area (Å²) in [5.74, 6) is 0. The monoisotopic (exact) mass is 279 g/mol. The summed E-state index contributed by atoms with van der Waals surface area (Å²) in [7, 11) is 0. The summed E-state index contributed by atoms with van der Waals surface area (Å²) in [6.07, 6.45) is -4.38. The number of hydrogen-bond acceptors (Lipinski definition) is 4. The minimum absolute atomic E-state index is 0.125. The van der Waals surface area contributed by atoms with Gasteiger partial charge in [0.05, 0.1) is 30.9 Å². The van der Waals surface area contributed by atoms with Gasteiger partial charge in [-0.15, -0.1) is 0 Å². The molecule has 0 aliphatic rings. The molecule has 1 aromatic rings. The summed E-state index contributed by atoms with van der Waals surface area (Å²) in [5, 5.41) is 29.9. The Morgan fingerprint density at radius 1 is 0.895 bits per heavy atom. The number of aliphatic hydroxyl groups is 3. The summed E-state index contributed by atoms with van der Waals surface area (Å²) in [6, 6.07) is 4.50. The lowest BCUT2D eigenvalue weighted by Crippen LogP contribution is -2.54. The quantitative estimate of drug-likeness (QED) is 0.612. The molecule has 0 aliphatic heterocycles. The molecule has 0 unspecified atom stereocenters. The molecule has 19 heavy (non-hydrogen) atoms. The van der Waals surface area contributed by atoms with Crippen molar-refractivity contribution in [2.24, 2.45) is 0 Å². The largest absolute Gasteiger partial charge is 0.416 e. The van der Waals surface area contributed by atoms with E-state index in [9.17, 15) is 13.2 Å². The van der Waals surface area contributed by atoms with E-state index in [1.165, 1.54) is 12.1 Å². The second-order valence-electron chi connectivity index (χ2n) is 4.30. The Morgan fingerprint density at radius 3 is 1.74 bits per heavy atom. The lowest BCUT2D eigenvalue weighted by Gasteiger charge is -2.28. The van der Waals surface area contributed by atoms with Gasteiger partial charge in [-0.3, -0.25) is 0 Å². The van der Waals surface area contributed by atoms with E-state index in [0.717, 1.165) is 12.1 Å². The second kappa shape index (κ2) is 6.33. The first-order chi connectivity index (χ1) is 8.87. The van der Waals surface area contributed by atoms with Gasteiger partial charge in [0.1, 0.15) is 0 Å². The minimum Gasteiger partial charge on any atom is -0.394 e. The molecule has 1 rings (SSSR count). The molecule has 0 spiro atoms. The van der Waals surface area contributed by atoms with Crippen LogP contribution in [0.1, 0.15) is 11.1 Å². The summed E-state index contributed by atoms with van der Waals surface area (Å²) >= 11 is 0. The molecule has 4 nitrogen and oxygen atoms in total. The molecular formula is C12H16F3NO3. The van der Waals surface area contributed by atoms with Crippen molar-refractivity contribution in [3.05, 3.63) is 35.4 Å². The van der Waals surface area contributed by atoms with Gasteiger partial charge in [-0.25, -0.2) is 0 Å². The van der Waals surface area contributed by atoms with Crippen molar-refractivity contribution < 1.29 is 28.5 Å². The van der Waals surface area contributed by atoms with Gasteiger partial charge in [-0.1, -0.05) is 12.1 Å². The fourth-order valence-electron chi connectivity index (χ4n) is 1.42. The molecule has 0 aromatic heterocycles. The average Bonchev–Trinajstić information content (AvgIpc) is 2.40. The molecular weight excluding hydrogens is 263 g/mol. The van der Waals surface area contributed by atoms with E-state index in [0.29, 0.717) is 5.56 Å². The lowest BCUT2D eigenvalue weighted by atomic mass is 10.0.